The highest BCUT2D eigenvalue weighted by atomic mass is 16.5. The van der Waals surface area contributed by atoms with Gasteiger partial charge in [-0.1, -0.05) is 0 Å². The van der Waals surface area contributed by atoms with Crippen molar-refractivity contribution in [2.45, 2.75) is 76.5 Å². The van der Waals surface area contributed by atoms with Gasteiger partial charge < -0.3 is 19.9 Å². The van der Waals surface area contributed by atoms with Gasteiger partial charge in [-0.15, -0.1) is 0 Å². The van der Waals surface area contributed by atoms with Gasteiger partial charge in [0.15, 0.2) is 0 Å². The van der Waals surface area contributed by atoms with E-state index < -0.39 is 23.8 Å². The number of imide groups is 2. The van der Waals surface area contributed by atoms with E-state index >= 15 is 0 Å². The number of carbonyl (C=O) groups is 5. The summed E-state index contributed by atoms with van der Waals surface area (Å²) in [6, 6.07) is 20.3. The molecule has 4 heterocycles. The van der Waals surface area contributed by atoms with Gasteiger partial charge in [0.1, 0.15) is 11.8 Å². The van der Waals surface area contributed by atoms with Crippen LogP contribution in [0.5, 0.6) is 5.75 Å². The highest BCUT2D eigenvalue weighted by Crippen LogP contribution is 2.32. The average Bonchev–Trinajstić information content (AvgIpc) is 3.47. The molecular formula is C44H49N7O6. The summed E-state index contributed by atoms with van der Waals surface area (Å²) in [5, 5.41) is 14.6. The highest BCUT2D eigenvalue weighted by molar-refractivity contribution is 6.23. The third-order valence-electron chi connectivity index (χ3n) is 12.4. The number of ether oxygens (including phenoxy) is 1. The molecule has 0 aromatic heterocycles. The molecule has 1 aliphatic carbocycles. The Morgan fingerprint density at radius 1 is 0.789 bits per heavy atom. The van der Waals surface area contributed by atoms with E-state index in [9.17, 15) is 29.2 Å². The maximum absolute atomic E-state index is 13.3. The quantitative estimate of drug-likeness (QED) is 0.299. The van der Waals surface area contributed by atoms with E-state index in [-0.39, 0.29) is 36.8 Å². The molecule has 5 aliphatic rings. The zero-order valence-electron chi connectivity index (χ0n) is 32.4. The number of carbonyl (C=O) groups excluding carboxylic acids is 5. The van der Waals surface area contributed by atoms with Crippen LogP contribution in [0.15, 0.2) is 60.7 Å². The SMILES string of the molecule is Cc1cc(OC2CCC(NC(=O)c3ccc(N4CCC(CN5CCN(c6ccc7c(c6)C(=O)N(C6CCC(=O)NC6=O)C7=O)CC5)CC4)cc3)CC2)ccc1C#N. The first-order valence-electron chi connectivity index (χ1n) is 20.3. The van der Waals surface area contributed by atoms with E-state index in [1.165, 1.54) is 0 Å². The van der Waals surface area contributed by atoms with Crippen molar-refractivity contribution in [3.8, 4) is 11.8 Å². The Balaban J connectivity index is 0.753. The van der Waals surface area contributed by atoms with Crippen LogP contribution in [0.4, 0.5) is 11.4 Å². The summed E-state index contributed by atoms with van der Waals surface area (Å²) in [7, 11) is 0. The first kappa shape index (κ1) is 38.1. The van der Waals surface area contributed by atoms with E-state index in [1.807, 2.05) is 37.3 Å². The largest absolute Gasteiger partial charge is 0.490 e. The summed E-state index contributed by atoms with van der Waals surface area (Å²) in [4.78, 5) is 71.8. The van der Waals surface area contributed by atoms with Crippen LogP contribution in [0.3, 0.4) is 0 Å². The minimum absolute atomic E-state index is 0.0383. The van der Waals surface area contributed by atoms with Gasteiger partial charge in [0.25, 0.3) is 17.7 Å². The number of hydrogen-bond donors (Lipinski definition) is 2. The van der Waals surface area contributed by atoms with Crippen molar-refractivity contribution in [2.75, 3.05) is 55.6 Å². The average molecular weight is 772 g/mol. The third-order valence-corrected chi connectivity index (χ3v) is 12.4. The molecule has 0 spiro atoms. The number of piperazine rings is 1. The Hall–Kier alpha value is -5.74. The molecule has 3 aromatic carbocycles. The van der Waals surface area contributed by atoms with Gasteiger partial charge in [-0.2, -0.15) is 5.26 Å². The third kappa shape index (κ3) is 8.23. The Labute approximate surface area is 332 Å². The monoisotopic (exact) mass is 771 g/mol. The topological polar surface area (TPSA) is 155 Å². The van der Waals surface area contributed by atoms with Crippen LogP contribution in [-0.4, -0.2) is 103 Å². The Morgan fingerprint density at radius 2 is 1.47 bits per heavy atom. The lowest BCUT2D eigenvalue weighted by molar-refractivity contribution is -0.136. The summed E-state index contributed by atoms with van der Waals surface area (Å²) in [6.45, 7) is 8.34. The number of benzene rings is 3. The van der Waals surface area contributed by atoms with Crippen LogP contribution in [0, 0.1) is 24.2 Å². The molecule has 5 amide bonds. The fourth-order valence-electron chi connectivity index (χ4n) is 9.03. The number of rotatable bonds is 9. The first-order valence-corrected chi connectivity index (χ1v) is 20.3. The van der Waals surface area contributed by atoms with E-state index in [0.717, 1.165) is 112 Å². The van der Waals surface area contributed by atoms with Gasteiger partial charge >= 0.3 is 0 Å². The van der Waals surface area contributed by atoms with Crippen molar-refractivity contribution in [2.24, 2.45) is 5.92 Å². The Bertz CT molecular complexity index is 2090. The molecule has 2 N–H and O–H groups in total. The van der Waals surface area contributed by atoms with E-state index in [1.54, 1.807) is 18.2 Å². The van der Waals surface area contributed by atoms with Crippen LogP contribution >= 0.6 is 0 Å². The number of fused-ring (bicyclic) bond motifs is 1. The lowest BCUT2D eigenvalue weighted by Gasteiger charge is -2.40. The van der Waals surface area contributed by atoms with Crippen molar-refractivity contribution in [3.63, 3.8) is 0 Å². The highest BCUT2D eigenvalue weighted by Gasteiger charge is 2.45. The van der Waals surface area contributed by atoms with E-state index in [2.05, 4.69) is 43.5 Å². The zero-order valence-corrected chi connectivity index (χ0v) is 32.4. The minimum atomic E-state index is -0.968. The van der Waals surface area contributed by atoms with Gasteiger partial charge in [-0.3, -0.25) is 39.1 Å². The second-order valence-electron chi connectivity index (χ2n) is 16.1. The number of aryl methyl sites for hydroxylation is 1. The number of nitrogens with zero attached hydrogens (tertiary/aromatic N) is 5. The van der Waals surface area contributed by atoms with Crippen LogP contribution in [0.1, 0.15) is 93.6 Å². The molecule has 3 aromatic rings. The summed E-state index contributed by atoms with van der Waals surface area (Å²) in [6.07, 6.45) is 6.01. The van der Waals surface area contributed by atoms with Crippen LogP contribution in [-0.2, 0) is 9.59 Å². The number of nitriles is 1. The molecule has 4 fully saturated rings. The molecule has 0 bridgehead atoms. The molecule has 13 nitrogen and oxygen atoms in total. The Morgan fingerprint density at radius 3 is 2.16 bits per heavy atom. The molecule has 1 saturated carbocycles. The standard InChI is InChI=1S/C44H49N7O6/c1-28-24-36(10-4-31(28)26-45)57-35-11-5-32(6-12-35)46-41(53)30-2-7-33(8-3-30)49-18-16-29(17-19-49)27-48-20-22-50(23-21-48)34-9-13-37-38(25-34)44(56)51(43(37)55)39-14-15-40(52)47-42(39)54/h2-4,7-10,13,24-25,29,32,35,39H,5-6,11-12,14-23,27H2,1H3,(H,46,53)(H,47,52,54). The second kappa shape index (κ2) is 16.4. The van der Waals surface area contributed by atoms with Crippen molar-refractivity contribution in [3.05, 3.63) is 88.5 Å². The minimum Gasteiger partial charge on any atom is -0.490 e. The zero-order chi connectivity index (χ0) is 39.6. The molecule has 57 heavy (non-hydrogen) atoms. The van der Waals surface area contributed by atoms with Crippen LogP contribution < -0.4 is 25.2 Å². The van der Waals surface area contributed by atoms with Gasteiger partial charge in [-0.25, -0.2) is 0 Å². The lowest BCUT2D eigenvalue weighted by atomic mass is 9.92. The van der Waals surface area contributed by atoms with Gasteiger partial charge in [0.2, 0.25) is 11.8 Å². The maximum Gasteiger partial charge on any atom is 0.262 e. The number of anilines is 2. The molecular weight excluding hydrogens is 723 g/mol. The molecule has 13 heteroatoms. The van der Waals surface area contributed by atoms with Gasteiger partial charge in [0, 0.05) is 75.2 Å². The lowest BCUT2D eigenvalue weighted by Crippen LogP contribution is -2.54. The molecule has 4 aliphatic heterocycles. The number of nitrogens with one attached hydrogen (secondary N) is 2. The predicted octanol–water partition coefficient (Wildman–Crippen LogP) is 4.43. The van der Waals surface area contributed by atoms with E-state index in [0.29, 0.717) is 28.2 Å². The molecule has 1 unspecified atom stereocenters. The molecule has 8 rings (SSSR count). The van der Waals surface area contributed by atoms with Crippen molar-refractivity contribution in [1.29, 1.82) is 5.26 Å². The fraction of sp³-hybridized carbons (Fsp3) is 0.455. The van der Waals surface area contributed by atoms with Gasteiger partial charge in [0.05, 0.1) is 28.9 Å². The van der Waals surface area contributed by atoms with Crippen LogP contribution in [0.2, 0.25) is 0 Å². The smallest absolute Gasteiger partial charge is 0.262 e. The predicted molar refractivity (Wildman–Crippen MR) is 213 cm³/mol. The maximum atomic E-state index is 13.3. The van der Waals surface area contributed by atoms with Crippen molar-refractivity contribution >= 4 is 40.9 Å². The Kier molecular flexibility index (Phi) is 11.0. The summed E-state index contributed by atoms with van der Waals surface area (Å²) >= 11 is 0. The fourth-order valence-corrected chi connectivity index (χ4v) is 9.03. The molecule has 1 atom stereocenters. The normalized spacial score (nSPS) is 23.2. The van der Waals surface area contributed by atoms with Crippen molar-refractivity contribution < 1.29 is 28.7 Å². The van der Waals surface area contributed by atoms with E-state index in [4.69, 9.17) is 4.74 Å². The summed E-state index contributed by atoms with van der Waals surface area (Å²) in [5.41, 5.74) is 4.89. The second-order valence-corrected chi connectivity index (χ2v) is 16.1. The summed E-state index contributed by atoms with van der Waals surface area (Å²) in [5.74, 6) is -0.603. The van der Waals surface area contributed by atoms with Gasteiger partial charge in [-0.05, 0) is 124 Å². The molecule has 0 radical (unpaired) electrons. The van der Waals surface area contributed by atoms with Crippen molar-refractivity contribution in [1.82, 2.24) is 20.4 Å². The molecule has 3 saturated heterocycles. The molecule has 296 valence electrons. The number of hydrogen-bond acceptors (Lipinski definition) is 10. The first-order chi connectivity index (χ1) is 27.6. The van der Waals surface area contributed by atoms with Crippen LogP contribution in [0.25, 0.3) is 0 Å². The number of amides is 5. The number of piperidine rings is 2. The summed E-state index contributed by atoms with van der Waals surface area (Å²) < 4.78 is 6.18.